The van der Waals surface area contributed by atoms with Gasteiger partial charge in [-0.15, -0.1) is 0 Å². The van der Waals surface area contributed by atoms with E-state index in [4.69, 9.17) is 10.5 Å². The molecule has 37 heavy (non-hydrogen) atoms. The molecule has 1 atom stereocenters. The Bertz CT molecular complexity index is 1630. The third kappa shape index (κ3) is 4.29. The van der Waals surface area contributed by atoms with Crippen molar-refractivity contribution in [3.8, 4) is 28.0 Å². The zero-order valence-electron chi connectivity index (χ0n) is 20.2. The van der Waals surface area contributed by atoms with Crippen LogP contribution in [0.1, 0.15) is 29.2 Å². The van der Waals surface area contributed by atoms with Crippen LogP contribution in [0.4, 0.5) is 5.82 Å². The van der Waals surface area contributed by atoms with Crippen molar-refractivity contribution in [1.29, 1.82) is 0 Å². The van der Waals surface area contributed by atoms with Crippen LogP contribution in [0, 0.1) is 0 Å². The van der Waals surface area contributed by atoms with Crippen LogP contribution in [0.3, 0.4) is 0 Å². The smallest absolute Gasteiger partial charge is 0.307 e. The number of rotatable bonds is 6. The molecule has 5 aromatic rings. The highest BCUT2D eigenvalue weighted by Crippen LogP contribution is 2.44. The number of hydrogen-bond acceptors (Lipinski definition) is 4. The predicted octanol–water partition coefficient (Wildman–Crippen LogP) is 6.84. The molecule has 0 amide bonds. The number of aromatic nitrogens is 1. The van der Waals surface area contributed by atoms with E-state index in [9.17, 15) is 9.90 Å². The van der Waals surface area contributed by atoms with Crippen LogP contribution < -0.4 is 10.5 Å². The van der Waals surface area contributed by atoms with Gasteiger partial charge in [-0.1, -0.05) is 66.7 Å². The van der Waals surface area contributed by atoms with Crippen molar-refractivity contribution in [3.63, 3.8) is 0 Å². The van der Waals surface area contributed by atoms with Gasteiger partial charge in [-0.05, 0) is 75.9 Å². The Balaban J connectivity index is 1.51. The highest BCUT2D eigenvalue weighted by molar-refractivity contribution is 6.01. The predicted molar refractivity (Wildman–Crippen MR) is 146 cm³/mol. The van der Waals surface area contributed by atoms with Crippen LogP contribution in [0.15, 0.2) is 97.2 Å². The van der Waals surface area contributed by atoms with Gasteiger partial charge in [0.1, 0.15) is 17.7 Å². The minimum absolute atomic E-state index is 0.0729. The van der Waals surface area contributed by atoms with Crippen LogP contribution in [0.2, 0.25) is 0 Å². The van der Waals surface area contributed by atoms with E-state index in [1.807, 2.05) is 48.5 Å². The number of carboxylic acids is 1. The summed E-state index contributed by atoms with van der Waals surface area (Å²) < 4.78 is 6.53. The van der Waals surface area contributed by atoms with Crippen LogP contribution in [0.5, 0.6) is 5.75 Å². The molecule has 0 spiro atoms. The molecule has 1 heterocycles. The number of aliphatic carboxylic acids is 1. The first-order valence-electron chi connectivity index (χ1n) is 12.4. The van der Waals surface area contributed by atoms with Gasteiger partial charge in [0.2, 0.25) is 0 Å². The highest BCUT2D eigenvalue weighted by Gasteiger charge is 2.29. The van der Waals surface area contributed by atoms with Crippen LogP contribution in [-0.4, -0.2) is 16.1 Å². The van der Waals surface area contributed by atoms with Gasteiger partial charge in [0.05, 0.1) is 6.42 Å². The number of ether oxygens (including phenoxy) is 1. The van der Waals surface area contributed by atoms with Gasteiger partial charge in [0, 0.05) is 17.1 Å². The van der Waals surface area contributed by atoms with Crippen molar-refractivity contribution in [2.75, 3.05) is 5.73 Å². The van der Waals surface area contributed by atoms with E-state index in [2.05, 4.69) is 47.4 Å². The number of carbonyl (C=O) groups is 1. The maximum atomic E-state index is 11.4. The summed E-state index contributed by atoms with van der Waals surface area (Å²) in [5.74, 6) is 0.264. The number of nitrogens with two attached hydrogens (primary N) is 1. The lowest BCUT2D eigenvalue weighted by Crippen LogP contribution is -2.08. The van der Waals surface area contributed by atoms with Gasteiger partial charge < -0.3 is 15.6 Å². The molecule has 1 unspecified atom stereocenters. The van der Waals surface area contributed by atoms with Gasteiger partial charge in [0.15, 0.2) is 0 Å². The summed E-state index contributed by atoms with van der Waals surface area (Å²) in [6.07, 6.45) is 3.22. The van der Waals surface area contributed by atoms with E-state index in [0.29, 0.717) is 17.1 Å². The van der Waals surface area contributed by atoms with Crippen molar-refractivity contribution in [1.82, 2.24) is 4.98 Å². The zero-order valence-corrected chi connectivity index (χ0v) is 20.2. The van der Waals surface area contributed by atoms with E-state index in [0.717, 1.165) is 45.9 Å². The van der Waals surface area contributed by atoms with Gasteiger partial charge in [-0.25, -0.2) is 4.98 Å². The molecule has 0 fully saturated rings. The van der Waals surface area contributed by atoms with E-state index >= 15 is 0 Å². The zero-order chi connectivity index (χ0) is 25.4. The topological polar surface area (TPSA) is 85.4 Å². The molecule has 1 aromatic heterocycles. The third-order valence-electron chi connectivity index (χ3n) is 7.10. The molecular weight excluding hydrogens is 460 g/mol. The number of nitrogen functional groups attached to an aromatic ring is 1. The minimum atomic E-state index is -0.874. The summed E-state index contributed by atoms with van der Waals surface area (Å²) in [6, 6.07) is 30.5. The number of carboxylic acid groups (broad SMARTS) is 1. The average molecular weight is 487 g/mol. The third-order valence-corrected chi connectivity index (χ3v) is 7.10. The maximum Gasteiger partial charge on any atom is 0.307 e. The number of pyridine rings is 1. The Morgan fingerprint density at radius 2 is 1.70 bits per heavy atom. The molecule has 6 rings (SSSR count). The fraction of sp³-hybridized carbons (Fsp3) is 0.125. The Hall–Kier alpha value is -4.64. The second kappa shape index (κ2) is 9.43. The molecule has 1 aliphatic rings. The summed E-state index contributed by atoms with van der Waals surface area (Å²) in [5.41, 5.74) is 13.8. The Kier molecular flexibility index (Phi) is 5.81. The fourth-order valence-electron chi connectivity index (χ4n) is 5.41. The number of benzene rings is 4. The second-order valence-corrected chi connectivity index (χ2v) is 9.38. The number of hydrogen-bond donors (Lipinski definition) is 2. The minimum Gasteiger partial charge on any atom is -0.485 e. The SMILES string of the molecule is Nc1nccc2c(-c3cc(-c4ccccc4)c4c(c3)C(Oc3ccccc3CC(=O)O)CC4)cccc12. The Morgan fingerprint density at radius 3 is 2.54 bits per heavy atom. The van der Waals surface area contributed by atoms with Crippen LogP contribution >= 0.6 is 0 Å². The van der Waals surface area contributed by atoms with Crippen LogP contribution in [0.25, 0.3) is 33.0 Å². The lowest BCUT2D eigenvalue weighted by Gasteiger charge is -2.20. The molecule has 5 nitrogen and oxygen atoms in total. The molecule has 5 heteroatoms. The lowest BCUT2D eigenvalue weighted by molar-refractivity contribution is -0.136. The van der Waals surface area contributed by atoms with Gasteiger partial charge in [-0.3, -0.25) is 4.79 Å². The molecule has 0 saturated heterocycles. The van der Waals surface area contributed by atoms with E-state index in [-0.39, 0.29) is 12.5 Å². The lowest BCUT2D eigenvalue weighted by atomic mass is 9.90. The first kappa shape index (κ1) is 22.8. The van der Waals surface area contributed by atoms with Crippen molar-refractivity contribution in [2.45, 2.75) is 25.4 Å². The van der Waals surface area contributed by atoms with Crippen molar-refractivity contribution in [2.24, 2.45) is 0 Å². The standard InChI is InChI=1S/C32H26N2O3/c33-32-26-11-6-10-23(25(26)15-16-34-32)22-17-27(20-7-2-1-3-8-20)24-13-14-30(28(24)18-22)37-29-12-5-4-9-21(29)19-31(35)36/h1-12,15-18,30H,13-14,19H2,(H2,33,34)(H,35,36). The summed E-state index contributed by atoms with van der Waals surface area (Å²) in [7, 11) is 0. The second-order valence-electron chi connectivity index (χ2n) is 9.38. The van der Waals surface area contributed by atoms with Crippen molar-refractivity contribution >= 4 is 22.6 Å². The quantitative estimate of drug-likeness (QED) is 0.274. The van der Waals surface area contributed by atoms with Crippen LogP contribution in [-0.2, 0) is 17.6 Å². The summed E-state index contributed by atoms with van der Waals surface area (Å²) >= 11 is 0. The van der Waals surface area contributed by atoms with Gasteiger partial charge in [-0.2, -0.15) is 0 Å². The largest absolute Gasteiger partial charge is 0.485 e. The molecule has 182 valence electrons. The molecule has 0 bridgehead atoms. The molecule has 0 aliphatic heterocycles. The molecule has 4 aromatic carbocycles. The van der Waals surface area contributed by atoms with Gasteiger partial charge >= 0.3 is 5.97 Å². The normalized spacial score (nSPS) is 14.4. The van der Waals surface area contributed by atoms with Gasteiger partial charge in [0.25, 0.3) is 0 Å². The average Bonchev–Trinajstić information content (AvgIpc) is 3.32. The molecule has 3 N–H and O–H groups in total. The molecular formula is C32H26N2O3. The number of para-hydroxylation sites is 1. The first-order valence-corrected chi connectivity index (χ1v) is 12.4. The van der Waals surface area contributed by atoms with Crippen molar-refractivity contribution < 1.29 is 14.6 Å². The number of anilines is 1. The molecule has 0 radical (unpaired) electrons. The monoisotopic (exact) mass is 486 g/mol. The number of nitrogens with zero attached hydrogens (tertiary/aromatic N) is 1. The summed E-state index contributed by atoms with van der Waals surface area (Å²) in [5, 5.41) is 11.4. The first-order chi connectivity index (χ1) is 18.1. The summed E-state index contributed by atoms with van der Waals surface area (Å²) in [4.78, 5) is 15.7. The number of fused-ring (bicyclic) bond motifs is 2. The van der Waals surface area contributed by atoms with E-state index in [1.165, 1.54) is 11.1 Å². The fourth-order valence-corrected chi connectivity index (χ4v) is 5.41. The highest BCUT2D eigenvalue weighted by atomic mass is 16.5. The maximum absolute atomic E-state index is 11.4. The van der Waals surface area contributed by atoms with E-state index < -0.39 is 5.97 Å². The van der Waals surface area contributed by atoms with E-state index in [1.54, 1.807) is 6.20 Å². The summed E-state index contributed by atoms with van der Waals surface area (Å²) in [6.45, 7) is 0. The van der Waals surface area contributed by atoms with Crippen molar-refractivity contribution in [3.05, 3.63) is 114 Å². The Morgan fingerprint density at radius 1 is 0.892 bits per heavy atom. The molecule has 0 saturated carbocycles. The molecule has 1 aliphatic carbocycles. The Labute approximate surface area is 215 Å².